The molecule has 1 N–H and O–H groups in total. The number of hydrogen-bond donors (Lipinski definition) is 1. The minimum Gasteiger partial charge on any atom is -0.497 e. The Morgan fingerprint density at radius 3 is 2.37 bits per heavy atom. The normalized spacial score (nSPS) is 21.9. The summed E-state index contributed by atoms with van der Waals surface area (Å²) in [5.74, 6) is 1.06. The van der Waals surface area contributed by atoms with E-state index in [1.54, 1.807) is 31.4 Å². The van der Waals surface area contributed by atoms with E-state index in [2.05, 4.69) is 5.32 Å². The van der Waals surface area contributed by atoms with Crippen molar-refractivity contribution in [1.29, 1.82) is 0 Å². The standard InChI is InChI=1S/C19H20N2O5S/c1-25-13-3-6-15(7-4-13)27(23,24)21-10-9-19(12-21)16-11-14(26-2)5-8-17(16)20-18(19)22/h3-8,11H,9-10,12H2,1-2H3,(H,20,22)/t19-/m1/s1. The van der Waals surface area contributed by atoms with Crippen molar-refractivity contribution in [3.8, 4) is 11.5 Å². The summed E-state index contributed by atoms with van der Waals surface area (Å²) in [5, 5.41) is 2.88. The fourth-order valence-electron chi connectivity index (χ4n) is 3.80. The number of nitrogens with zero attached hydrogens (tertiary/aromatic N) is 1. The van der Waals surface area contributed by atoms with Gasteiger partial charge in [0.2, 0.25) is 15.9 Å². The van der Waals surface area contributed by atoms with E-state index in [0.717, 1.165) is 5.56 Å². The zero-order valence-electron chi connectivity index (χ0n) is 15.1. The van der Waals surface area contributed by atoms with Crippen molar-refractivity contribution in [3.05, 3.63) is 48.0 Å². The molecule has 0 radical (unpaired) electrons. The maximum atomic E-state index is 13.0. The van der Waals surface area contributed by atoms with Gasteiger partial charge in [-0.1, -0.05) is 0 Å². The summed E-state index contributed by atoms with van der Waals surface area (Å²) in [6.45, 7) is 0.381. The van der Waals surface area contributed by atoms with Gasteiger partial charge in [-0.15, -0.1) is 0 Å². The van der Waals surface area contributed by atoms with Gasteiger partial charge in [-0.25, -0.2) is 8.42 Å². The summed E-state index contributed by atoms with van der Waals surface area (Å²) < 4.78 is 37.8. The summed E-state index contributed by atoms with van der Waals surface area (Å²) in [5.41, 5.74) is 0.618. The lowest BCUT2D eigenvalue weighted by molar-refractivity contribution is -0.120. The summed E-state index contributed by atoms with van der Waals surface area (Å²) >= 11 is 0. The zero-order valence-corrected chi connectivity index (χ0v) is 15.9. The van der Waals surface area contributed by atoms with Crippen LogP contribution in [0.5, 0.6) is 11.5 Å². The number of benzene rings is 2. The minimum absolute atomic E-state index is 0.105. The molecule has 0 saturated carbocycles. The summed E-state index contributed by atoms with van der Waals surface area (Å²) in [7, 11) is -0.613. The van der Waals surface area contributed by atoms with Crippen molar-refractivity contribution in [2.24, 2.45) is 0 Å². The lowest BCUT2D eigenvalue weighted by Gasteiger charge is -2.23. The number of amides is 1. The SMILES string of the molecule is COc1ccc(S(=O)(=O)N2CC[C@]3(C2)C(=O)Nc2ccc(OC)cc23)cc1. The molecule has 1 spiro atoms. The van der Waals surface area contributed by atoms with E-state index in [0.29, 0.717) is 23.6 Å². The lowest BCUT2D eigenvalue weighted by atomic mass is 9.81. The van der Waals surface area contributed by atoms with E-state index in [1.807, 2.05) is 6.07 Å². The van der Waals surface area contributed by atoms with Crippen LogP contribution in [-0.2, 0) is 20.2 Å². The Morgan fingerprint density at radius 1 is 1.04 bits per heavy atom. The molecule has 1 amide bonds. The number of anilines is 1. The van der Waals surface area contributed by atoms with Crippen LogP contribution in [0.1, 0.15) is 12.0 Å². The van der Waals surface area contributed by atoms with Crippen molar-refractivity contribution in [3.63, 3.8) is 0 Å². The van der Waals surface area contributed by atoms with Crippen molar-refractivity contribution < 1.29 is 22.7 Å². The van der Waals surface area contributed by atoms with E-state index in [-0.39, 0.29) is 23.9 Å². The van der Waals surface area contributed by atoms with Crippen molar-refractivity contribution in [2.75, 3.05) is 32.6 Å². The van der Waals surface area contributed by atoms with Crippen molar-refractivity contribution >= 4 is 21.6 Å². The number of carbonyl (C=O) groups excluding carboxylic acids is 1. The molecule has 2 aliphatic rings. The number of methoxy groups -OCH3 is 2. The number of carbonyl (C=O) groups is 1. The molecule has 2 heterocycles. The Bertz CT molecular complexity index is 1000. The van der Waals surface area contributed by atoms with Crippen LogP contribution >= 0.6 is 0 Å². The van der Waals surface area contributed by atoms with Gasteiger partial charge in [0, 0.05) is 18.8 Å². The quantitative estimate of drug-likeness (QED) is 0.866. The average Bonchev–Trinajstić information content (AvgIpc) is 3.25. The van der Waals surface area contributed by atoms with Crippen LogP contribution in [0.25, 0.3) is 0 Å². The molecule has 142 valence electrons. The van der Waals surface area contributed by atoms with Crippen LogP contribution in [-0.4, -0.2) is 45.9 Å². The maximum absolute atomic E-state index is 13.0. The third-order valence-corrected chi connectivity index (χ3v) is 7.22. The molecule has 4 rings (SSSR count). The first kappa shape index (κ1) is 17.8. The molecule has 8 heteroatoms. The highest BCUT2D eigenvalue weighted by Gasteiger charge is 2.53. The van der Waals surface area contributed by atoms with Gasteiger partial charge in [-0.05, 0) is 54.4 Å². The second-order valence-electron chi connectivity index (χ2n) is 6.71. The smallest absolute Gasteiger partial charge is 0.243 e. The zero-order chi connectivity index (χ0) is 19.2. The molecule has 1 saturated heterocycles. The van der Waals surface area contributed by atoms with E-state index in [4.69, 9.17) is 9.47 Å². The molecule has 2 aliphatic heterocycles. The number of rotatable bonds is 4. The Morgan fingerprint density at radius 2 is 1.70 bits per heavy atom. The number of nitrogens with one attached hydrogen (secondary N) is 1. The van der Waals surface area contributed by atoms with Gasteiger partial charge >= 0.3 is 0 Å². The molecule has 7 nitrogen and oxygen atoms in total. The molecule has 2 aromatic rings. The first-order valence-corrected chi connectivity index (χ1v) is 9.99. The molecule has 0 aliphatic carbocycles. The molecule has 2 aromatic carbocycles. The molecule has 1 atom stereocenters. The van der Waals surface area contributed by atoms with Crippen LogP contribution in [0, 0.1) is 0 Å². The monoisotopic (exact) mass is 388 g/mol. The largest absolute Gasteiger partial charge is 0.497 e. The molecule has 0 aromatic heterocycles. The molecule has 27 heavy (non-hydrogen) atoms. The number of fused-ring (bicyclic) bond motifs is 2. The lowest BCUT2D eigenvalue weighted by Crippen LogP contribution is -2.39. The fourth-order valence-corrected chi connectivity index (χ4v) is 5.30. The van der Waals surface area contributed by atoms with Crippen LogP contribution < -0.4 is 14.8 Å². The number of ether oxygens (including phenoxy) is 2. The third kappa shape index (κ3) is 2.67. The highest BCUT2D eigenvalue weighted by Crippen LogP contribution is 2.46. The first-order chi connectivity index (χ1) is 12.9. The van der Waals surface area contributed by atoms with E-state index >= 15 is 0 Å². The summed E-state index contributed by atoms with van der Waals surface area (Å²) in [6.07, 6.45) is 0.425. The van der Waals surface area contributed by atoms with Crippen molar-refractivity contribution in [2.45, 2.75) is 16.7 Å². The summed E-state index contributed by atoms with van der Waals surface area (Å²) in [4.78, 5) is 12.9. The minimum atomic E-state index is -3.70. The van der Waals surface area contributed by atoms with Crippen LogP contribution in [0.15, 0.2) is 47.4 Å². The van der Waals surface area contributed by atoms with Crippen LogP contribution in [0.2, 0.25) is 0 Å². The Balaban J connectivity index is 1.68. The highest BCUT2D eigenvalue weighted by molar-refractivity contribution is 7.89. The van der Waals surface area contributed by atoms with E-state index in [9.17, 15) is 13.2 Å². The molecular weight excluding hydrogens is 368 g/mol. The van der Waals surface area contributed by atoms with Crippen molar-refractivity contribution in [1.82, 2.24) is 4.31 Å². The van der Waals surface area contributed by atoms with Gasteiger partial charge in [0.15, 0.2) is 0 Å². The molecule has 0 unspecified atom stereocenters. The van der Waals surface area contributed by atoms with Gasteiger partial charge < -0.3 is 14.8 Å². The Labute approximate surface area is 157 Å². The van der Waals surface area contributed by atoms with Gasteiger partial charge in [0.25, 0.3) is 0 Å². The molecular formula is C19H20N2O5S. The Hall–Kier alpha value is -2.58. The second-order valence-corrected chi connectivity index (χ2v) is 8.65. The van der Waals surface area contributed by atoms with E-state index in [1.165, 1.54) is 23.5 Å². The first-order valence-electron chi connectivity index (χ1n) is 8.55. The maximum Gasteiger partial charge on any atom is 0.243 e. The second kappa shape index (κ2) is 6.24. The third-order valence-electron chi connectivity index (χ3n) is 5.36. The van der Waals surface area contributed by atoms with Gasteiger partial charge in [0.05, 0.1) is 24.5 Å². The van der Waals surface area contributed by atoms with E-state index < -0.39 is 15.4 Å². The number of sulfonamides is 1. The summed E-state index contributed by atoms with van der Waals surface area (Å²) in [6, 6.07) is 11.6. The van der Waals surface area contributed by atoms with Crippen LogP contribution in [0.4, 0.5) is 5.69 Å². The number of hydrogen-bond acceptors (Lipinski definition) is 5. The topological polar surface area (TPSA) is 84.9 Å². The predicted molar refractivity (Wildman–Crippen MR) is 99.7 cm³/mol. The fraction of sp³-hybridized carbons (Fsp3) is 0.316. The average molecular weight is 388 g/mol. The molecule has 1 fully saturated rings. The van der Waals surface area contributed by atoms with Gasteiger partial charge in [-0.3, -0.25) is 4.79 Å². The predicted octanol–water partition coefficient (Wildman–Crippen LogP) is 1.99. The van der Waals surface area contributed by atoms with Gasteiger partial charge in [0.1, 0.15) is 11.5 Å². The Kier molecular flexibility index (Phi) is 4.12. The van der Waals surface area contributed by atoms with Crippen LogP contribution in [0.3, 0.4) is 0 Å². The van der Waals surface area contributed by atoms with Gasteiger partial charge in [-0.2, -0.15) is 4.31 Å². The highest BCUT2D eigenvalue weighted by atomic mass is 32.2. The molecule has 0 bridgehead atoms.